The summed E-state index contributed by atoms with van der Waals surface area (Å²) in [6, 6.07) is 8.85. The van der Waals surface area contributed by atoms with E-state index in [9.17, 15) is 15.0 Å². The van der Waals surface area contributed by atoms with E-state index in [1.807, 2.05) is 13.0 Å². The standard InChI is InChI=1S/C18H26O7/c1-3-4-10-22-11-14-15(20)16(21)17(23-12(2)19)18(25-14)24-13-8-6-5-7-9-13/h5-9,14-18,20-21H,3-4,10-11H2,1-2H3/t14?,15-,16?,17-,18+/m1/s1. The molecule has 2 unspecified atom stereocenters. The molecule has 0 amide bonds. The molecule has 0 aromatic heterocycles. The third-order valence-electron chi connectivity index (χ3n) is 3.87. The summed E-state index contributed by atoms with van der Waals surface area (Å²) in [4.78, 5) is 11.3. The Morgan fingerprint density at radius 1 is 1.20 bits per heavy atom. The number of carbonyl (C=O) groups excluding carboxylic acids is 1. The minimum absolute atomic E-state index is 0.111. The third kappa shape index (κ3) is 5.67. The molecular formula is C18H26O7. The van der Waals surface area contributed by atoms with Crippen LogP contribution in [0.1, 0.15) is 26.7 Å². The van der Waals surface area contributed by atoms with Gasteiger partial charge in [0.2, 0.25) is 6.29 Å². The Balaban J connectivity index is 2.07. The molecule has 1 aliphatic rings. The lowest BCUT2D eigenvalue weighted by Crippen LogP contribution is -2.61. The molecule has 1 aliphatic heterocycles. The second-order valence-electron chi connectivity index (χ2n) is 5.96. The monoisotopic (exact) mass is 354 g/mol. The van der Waals surface area contributed by atoms with E-state index < -0.39 is 36.7 Å². The van der Waals surface area contributed by atoms with Gasteiger partial charge in [-0.15, -0.1) is 0 Å². The SMILES string of the molecule is CCCCOCC1O[C@H](Oc2ccccc2)[C@H](OC(C)=O)C(O)[C@@H]1O. The van der Waals surface area contributed by atoms with E-state index in [0.29, 0.717) is 12.4 Å². The molecule has 1 fully saturated rings. The Morgan fingerprint density at radius 3 is 2.56 bits per heavy atom. The maximum atomic E-state index is 11.3. The van der Waals surface area contributed by atoms with E-state index in [2.05, 4.69) is 0 Å². The summed E-state index contributed by atoms with van der Waals surface area (Å²) in [5.41, 5.74) is 0. The first kappa shape index (κ1) is 19.7. The molecule has 1 heterocycles. The molecule has 7 nitrogen and oxygen atoms in total. The van der Waals surface area contributed by atoms with Gasteiger partial charge in [-0.05, 0) is 18.6 Å². The van der Waals surface area contributed by atoms with Crippen LogP contribution in [-0.4, -0.2) is 60.1 Å². The molecule has 2 rings (SSSR count). The number of hydrogen-bond acceptors (Lipinski definition) is 7. The zero-order valence-electron chi connectivity index (χ0n) is 14.5. The first-order valence-electron chi connectivity index (χ1n) is 8.51. The number of rotatable bonds is 8. The lowest BCUT2D eigenvalue weighted by molar-refractivity contribution is -0.283. The molecule has 7 heteroatoms. The number of ether oxygens (including phenoxy) is 4. The van der Waals surface area contributed by atoms with Crippen LogP contribution in [-0.2, 0) is 19.0 Å². The number of carbonyl (C=O) groups is 1. The Labute approximate surface area is 147 Å². The van der Waals surface area contributed by atoms with E-state index in [1.54, 1.807) is 24.3 Å². The molecule has 2 N–H and O–H groups in total. The van der Waals surface area contributed by atoms with Crippen molar-refractivity contribution in [2.45, 2.75) is 57.4 Å². The van der Waals surface area contributed by atoms with Crippen molar-refractivity contribution in [2.24, 2.45) is 0 Å². The maximum absolute atomic E-state index is 11.3. The van der Waals surface area contributed by atoms with Gasteiger partial charge in [0.15, 0.2) is 6.10 Å². The van der Waals surface area contributed by atoms with Crippen LogP contribution in [0.3, 0.4) is 0 Å². The Hall–Kier alpha value is -1.67. The Kier molecular flexibility index (Phi) is 7.64. The Morgan fingerprint density at radius 2 is 1.92 bits per heavy atom. The second-order valence-corrected chi connectivity index (χ2v) is 5.96. The summed E-state index contributed by atoms with van der Waals surface area (Å²) in [5, 5.41) is 20.6. The van der Waals surface area contributed by atoms with Gasteiger partial charge in [-0.3, -0.25) is 4.79 Å². The van der Waals surface area contributed by atoms with Crippen LogP contribution in [0.2, 0.25) is 0 Å². The fraction of sp³-hybridized carbons (Fsp3) is 0.611. The zero-order chi connectivity index (χ0) is 18.2. The first-order chi connectivity index (χ1) is 12.0. The molecule has 25 heavy (non-hydrogen) atoms. The summed E-state index contributed by atoms with van der Waals surface area (Å²) in [6.45, 7) is 3.92. The lowest BCUT2D eigenvalue weighted by Gasteiger charge is -2.41. The molecule has 0 saturated carbocycles. The van der Waals surface area contributed by atoms with Crippen molar-refractivity contribution >= 4 is 5.97 Å². The lowest BCUT2D eigenvalue weighted by atomic mass is 9.99. The fourth-order valence-electron chi connectivity index (χ4n) is 2.53. The molecule has 1 aromatic carbocycles. The number of unbranched alkanes of at least 4 members (excludes halogenated alkanes) is 1. The number of hydrogen-bond donors (Lipinski definition) is 2. The van der Waals surface area contributed by atoms with Crippen molar-refractivity contribution in [3.05, 3.63) is 30.3 Å². The van der Waals surface area contributed by atoms with E-state index in [0.717, 1.165) is 12.8 Å². The molecule has 0 radical (unpaired) electrons. The smallest absolute Gasteiger partial charge is 0.303 e. The van der Waals surface area contributed by atoms with Crippen molar-refractivity contribution < 1.29 is 34.0 Å². The van der Waals surface area contributed by atoms with E-state index in [1.165, 1.54) is 6.92 Å². The van der Waals surface area contributed by atoms with Crippen molar-refractivity contribution in [1.82, 2.24) is 0 Å². The first-order valence-corrected chi connectivity index (χ1v) is 8.51. The van der Waals surface area contributed by atoms with Crippen LogP contribution >= 0.6 is 0 Å². The van der Waals surface area contributed by atoms with Gasteiger partial charge >= 0.3 is 5.97 Å². The van der Waals surface area contributed by atoms with E-state index in [-0.39, 0.29) is 6.61 Å². The van der Waals surface area contributed by atoms with Crippen LogP contribution in [0.4, 0.5) is 0 Å². The van der Waals surface area contributed by atoms with Gasteiger partial charge in [0, 0.05) is 13.5 Å². The summed E-state index contributed by atoms with van der Waals surface area (Å²) in [6.07, 6.45) is -3.68. The summed E-state index contributed by atoms with van der Waals surface area (Å²) in [5.74, 6) is -0.0990. The summed E-state index contributed by atoms with van der Waals surface area (Å²) >= 11 is 0. The zero-order valence-corrected chi connectivity index (χ0v) is 14.5. The molecule has 1 saturated heterocycles. The minimum Gasteiger partial charge on any atom is -0.461 e. The predicted molar refractivity (Wildman–Crippen MR) is 89.0 cm³/mol. The molecule has 0 aliphatic carbocycles. The van der Waals surface area contributed by atoms with Gasteiger partial charge < -0.3 is 29.2 Å². The highest BCUT2D eigenvalue weighted by molar-refractivity contribution is 5.66. The van der Waals surface area contributed by atoms with Crippen molar-refractivity contribution in [3.63, 3.8) is 0 Å². The number of benzene rings is 1. The van der Waals surface area contributed by atoms with Gasteiger partial charge in [0.25, 0.3) is 0 Å². The number of esters is 1. The normalized spacial score (nSPS) is 29.2. The average molecular weight is 354 g/mol. The van der Waals surface area contributed by atoms with Crippen LogP contribution in [0, 0.1) is 0 Å². The largest absolute Gasteiger partial charge is 0.461 e. The van der Waals surface area contributed by atoms with Gasteiger partial charge in [0.05, 0.1) is 6.61 Å². The minimum atomic E-state index is -1.34. The molecule has 1 aromatic rings. The van der Waals surface area contributed by atoms with Gasteiger partial charge in [0.1, 0.15) is 24.1 Å². The highest BCUT2D eigenvalue weighted by Gasteiger charge is 2.47. The quantitative estimate of drug-likeness (QED) is 0.536. The van der Waals surface area contributed by atoms with Crippen LogP contribution in [0.25, 0.3) is 0 Å². The van der Waals surface area contributed by atoms with Crippen LogP contribution < -0.4 is 4.74 Å². The number of aliphatic hydroxyl groups is 2. The highest BCUT2D eigenvalue weighted by atomic mass is 16.7. The van der Waals surface area contributed by atoms with Crippen LogP contribution in [0.5, 0.6) is 5.75 Å². The molecule has 140 valence electrons. The number of para-hydroxylation sites is 1. The topological polar surface area (TPSA) is 94.5 Å². The molecule has 0 spiro atoms. The fourth-order valence-corrected chi connectivity index (χ4v) is 2.53. The van der Waals surface area contributed by atoms with Gasteiger partial charge in [-0.1, -0.05) is 31.5 Å². The van der Waals surface area contributed by atoms with Crippen LogP contribution in [0.15, 0.2) is 30.3 Å². The predicted octanol–water partition coefficient (Wildman–Crippen LogP) is 1.26. The maximum Gasteiger partial charge on any atom is 0.303 e. The Bertz CT molecular complexity index is 521. The van der Waals surface area contributed by atoms with Crippen molar-refractivity contribution in [3.8, 4) is 5.75 Å². The van der Waals surface area contributed by atoms with Gasteiger partial charge in [-0.25, -0.2) is 0 Å². The molecule has 5 atom stereocenters. The van der Waals surface area contributed by atoms with Crippen molar-refractivity contribution in [2.75, 3.05) is 13.2 Å². The second kappa shape index (κ2) is 9.72. The molecular weight excluding hydrogens is 328 g/mol. The van der Waals surface area contributed by atoms with Crippen molar-refractivity contribution in [1.29, 1.82) is 0 Å². The number of aliphatic hydroxyl groups excluding tert-OH is 2. The summed E-state index contributed by atoms with van der Waals surface area (Å²) < 4.78 is 22.0. The third-order valence-corrected chi connectivity index (χ3v) is 3.87. The van der Waals surface area contributed by atoms with E-state index >= 15 is 0 Å². The summed E-state index contributed by atoms with van der Waals surface area (Å²) in [7, 11) is 0. The average Bonchev–Trinajstić information content (AvgIpc) is 2.60. The van der Waals surface area contributed by atoms with E-state index in [4.69, 9.17) is 18.9 Å². The molecule has 0 bridgehead atoms. The van der Waals surface area contributed by atoms with Gasteiger partial charge in [-0.2, -0.15) is 0 Å². The highest BCUT2D eigenvalue weighted by Crippen LogP contribution is 2.26.